The molecular weight excluding hydrogens is 615 g/mol. The number of hydrogen-bond acceptors (Lipinski definition) is 5. The molecule has 0 spiro atoms. The Balaban J connectivity index is 1.09. The van der Waals surface area contributed by atoms with Gasteiger partial charge in [0.05, 0.1) is 0 Å². The number of para-hydroxylation sites is 2. The maximum atomic E-state index is 6.44. The van der Waals surface area contributed by atoms with Crippen molar-refractivity contribution in [2.45, 2.75) is 0 Å². The van der Waals surface area contributed by atoms with Gasteiger partial charge in [0.25, 0.3) is 0 Å². The smallest absolute Gasteiger partial charge is 0.164 e. The van der Waals surface area contributed by atoms with Crippen molar-refractivity contribution < 1.29 is 8.83 Å². The number of rotatable bonds is 5. The molecule has 0 atom stereocenters. The summed E-state index contributed by atoms with van der Waals surface area (Å²) in [7, 11) is 0. The third-order valence-corrected chi connectivity index (χ3v) is 9.34. The van der Waals surface area contributed by atoms with Crippen LogP contribution in [0.4, 0.5) is 0 Å². The predicted octanol–water partition coefficient (Wildman–Crippen LogP) is 12.0. The standard InChI is InChI=1S/C45H27N3O2/c1-3-11-28(12-4-1)30-15-9-16-32(25-30)44-46-43(29-13-5-2-6-14-29)47-45(48-44)33-21-23-36-38-26-31(22-24-40(38)49-41(36)27-33)34-18-10-19-37-35-17-7-8-20-39(35)50-42(34)37/h1-27H. The molecule has 5 heteroatoms. The summed E-state index contributed by atoms with van der Waals surface area (Å²) in [6.45, 7) is 0. The van der Waals surface area contributed by atoms with Gasteiger partial charge in [-0.15, -0.1) is 0 Å². The minimum atomic E-state index is 0.582. The van der Waals surface area contributed by atoms with Gasteiger partial charge in [0.15, 0.2) is 17.5 Å². The molecule has 0 saturated heterocycles. The van der Waals surface area contributed by atoms with E-state index in [2.05, 4.69) is 72.8 Å². The molecule has 0 bridgehead atoms. The van der Waals surface area contributed by atoms with Crippen LogP contribution in [-0.2, 0) is 0 Å². The first-order valence-electron chi connectivity index (χ1n) is 16.6. The monoisotopic (exact) mass is 641 g/mol. The van der Waals surface area contributed by atoms with Gasteiger partial charge in [0.1, 0.15) is 22.3 Å². The molecule has 0 unspecified atom stereocenters. The van der Waals surface area contributed by atoms with Crippen LogP contribution in [-0.4, -0.2) is 15.0 Å². The molecule has 0 aliphatic rings. The van der Waals surface area contributed by atoms with Gasteiger partial charge in [-0.3, -0.25) is 0 Å². The lowest BCUT2D eigenvalue weighted by molar-refractivity contribution is 0.668. The van der Waals surface area contributed by atoms with Crippen molar-refractivity contribution in [3.63, 3.8) is 0 Å². The normalized spacial score (nSPS) is 11.6. The Morgan fingerprint density at radius 1 is 0.300 bits per heavy atom. The van der Waals surface area contributed by atoms with E-state index in [4.69, 9.17) is 23.8 Å². The predicted molar refractivity (Wildman–Crippen MR) is 202 cm³/mol. The first kappa shape index (κ1) is 28.2. The average Bonchev–Trinajstić information content (AvgIpc) is 3.76. The Bertz CT molecular complexity index is 2870. The molecule has 3 aromatic heterocycles. The SMILES string of the molecule is c1ccc(-c2cccc(-c3nc(-c4ccccc4)nc(-c4ccc5c(c4)oc4ccc(-c6cccc7c6oc6ccccc67)cc45)n3)c2)cc1. The zero-order valence-corrected chi connectivity index (χ0v) is 26.7. The second-order valence-electron chi connectivity index (χ2n) is 12.4. The lowest BCUT2D eigenvalue weighted by Crippen LogP contribution is -2.00. The lowest BCUT2D eigenvalue weighted by Gasteiger charge is -2.09. The summed E-state index contributed by atoms with van der Waals surface area (Å²) in [5.41, 5.74) is 10.4. The molecule has 0 fully saturated rings. The van der Waals surface area contributed by atoms with Crippen LogP contribution in [0, 0.1) is 0 Å². The fraction of sp³-hybridized carbons (Fsp3) is 0. The molecule has 7 aromatic carbocycles. The second-order valence-corrected chi connectivity index (χ2v) is 12.4. The highest BCUT2D eigenvalue weighted by molar-refractivity contribution is 6.11. The number of nitrogens with zero attached hydrogens (tertiary/aromatic N) is 3. The molecule has 0 saturated carbocycles. The maximum Gasteiger partial charge on any atom is 0.164 e. The van der Waals surface area contributed by atoms with E-state index < -0.39 is 0 Å². The first-order valence-corrected chi connectivity index (χ1v) is 16.6. The fourth-order valence-corrected chi connectivity index (χ4v) is 6.88. The van der Waals surface area contributed by atoms with Crippen molar-refractivity contribution in [3.8, 4) is 56.4 Å². The molecule has 0 aliphatic heterocycles. The van der Waals surface area contributed by atoms with Crippen molar-refractivity contribution >= 4 is 43.9 Å². The number of furan rings is 2. The van der Waals surface area contributed by atoms with E-state index >= 15 is 0 Å². The largest absolute Gasteiger partial charge is 0.456 e. The van der Waals surface area contributed by atoms with E-state index in [0.717, 1.165) is 82.8 Å². The number of benzene rings is 7. The molecule has 3 heterocycles. The van der Waals surface area contributed by atoms with Gasteiger partial charge >= 0.3 is 0 Å². The maximum absolute atomic E-state index is 6.44. The average molecular weight is 642 g/mol. The van der Waals surface area contributed by atoms with Gasteiger partial charge in [-0.1, -0.05) is 127 Å². The zero-order valence-electron chi connectivity index (χ0n) is 26.7. The van der Waals surface area contributed by atoms with Crippen molar-refractivity contribution in [3.05, 3.63) is 164 Å². The summed E-state index contributed by atoms with van der Waals surface area (Å²) in [5.74, 6) is 1.81. The van der Waals surface area contributed by atoms with Gasteiger partial charge in [-0.2, -0.15) is 0 Å². The minimum Gasteiger partial charge on any atom is -0.456 e. The Morgan fingerprint density at radius 3 is 1.70 bits per heavy atom. The third-order valence-electron chi connectivity index (χ3n) is 9.34. The highest BCUT2D eigenvalue weighted by Gasteiger charge is 2.17. The first-order chi connectivity index (χ1) is 24.7. The van der Waals surface area contributed by atoms with Crippen molar-refractivity contribution in [2.24, 2.45) is 0 Å². The van der Waals surface area contributed by atoms with E-state index in [1.807, 2.05) is 91.0 Å². The van der Waals surface area contributed by atoms with Crippen LogP contribution in [0.25, 0.3) is 100 Å². The number of aromatic nitrogens is 3. The van der Waals surface area contributed by atoms with Crippen LogP contribution in [0.2, 0.25) is 0 Å². The number of hydrogen-bond donors (Lipinski definition) is 0. The van der Waals surface area contributed by atoms with Crippen molar-refractivity contribution in [2.75, 3.05) is 0 Å². The Morgan fingerprint density at radius 2 is 0.880 bits per heavy atom. The Kier molecular flexibility index (Phi) is 6.42. The molecular formula is C45H27N3O2. The molecule has 0 N–H and O–H groups in total. The van der Waals surface area contributed by atoms with Crippen LogP contribution in [0.15, 0.2) is 173 Å². The molecule has 0 amide bonds. The Hall–Kier alpha value is -6.85. The van der Waals surface area contributed by atoms with Gasteiger partial charge in [-0.05, 0) is 53.1 Å². The molecule has 0 radical (unpaired) electrons. The third kappa shape index (κ3) is 4.75. The van der Waals surface area contributed by atoms with Crippen molar-refractivity contribution in [1.29, 1.82) is 0 Å². The van der Waals surface area contributed by atoms with E-state index in [9.17, 15) is 0 Å². The minimum absolute atomic E-state index is 0.582. The summed E-state index contributed by atoms with van der Waals surface area (Å²) in [6, 6.07) is 55.7. The molecule has 0 aliphatic carbocycles. The van der Waals surface area contributed by atoms with E-state index in [1.165, 1.54) is 0 Å². The van der Waals surface area contributed by atoms with Crippen LogP contribution in [0.3, 0.4) is 0 Å². The van der Waals surface area contributed by atoms with Crippen LogP contribution in [0.5, 0.6) is 0 Å². The topological polar surface area (TPSA) is 65.0 Å². The highest BCUT2D eigenvalue weighted by atomic mass is 16.3. The van der Waals surface area contributed by atoms with Gasteiger partial charge < -0.3 is 8.83 Å². The summed E-state index contributed by atoms with van der Waals surface area (Å²) in [6.07, 6.45) is 0. The number of fused-ring (bicyclic) bond motifs is 6. The lowest BCUT2D eigenvalue weighted by atomic mass is 10.00. The second kappa shape index (κ2) is 11.4. The molecule has 10 rings (SSSR count). The van der Waals surface area contributed by atoms with Gasteiger partial charge in [0, 0.05) is 43.8 Å². The van der Waals surface area contributed by atoms with Crippen LogP contribution in [0.1, 0.15) is 0 Å². The summed E-state index contributed by atoms with van der Waals surface area (Å²) < 4.78 is 12.8. The van der Waals surface area contributed by atoms with Gasteiger partial charge in [-0.25, -0.2) is 15.0 Å². The van der Waals surface area contributed by atoms with E-state index in [1.54, 1.807) is 0 Å². The summed E-state index contributed by atoms with van der Waals surface area (Å²) in [4.78, 5) is 14.9. The van der Waals surface area contributed by atoms with E-state index in [0.29, 0.717) is 17.5 Å². The highest BCUT2D eigenvalue weighted by Crippen LogP contribution is 2.39. The molecule has 50 heavy (non-hydrogen) atoms. The van der Waals surface area contributed by atoms with Crippen molar-refractivity contribution in [1.82, 2.24) is 15.0 Å². The molecule has 5 nitrogen and oxygen atoms in total. The summed E-state index contributed by atoms with van der Waals surface area (Å²) in [5, 5.41) is 4.29. The quantitative estimate of drug-likeness (QED) is 0.187. The molecule has 234 valence electrons. The summed E-state index contributed by atoms with van der Waals surface area (Å²) >= 11 is 0. The van der Waals surface area contributed by atoms with Crippen LogP contribution < -0.4 is 0 Å². The Labute approximate surface area is 287 Å². The molecule has 10 aromatic rings. The zero-order chi connectivity index (χ0) is 33.0. The van der Waals surface area contributed by atoms with E-state index in [-0.39, 0.29) is 0 Å². The van der Waals surface area contributed by atoms with Crippen LogP contribution >= 0.6 is 0 Å². The van der Waals surface area contributed by atoms with Gasteiger partial charge in [0.2, 0.25) is 0 Å². The fourth-order valence-electron chi connectivity index (χ4n) is 6.88.